The Morgan fingerprint density at radius 2 is 2.08 bits per heavy atom. The zero-order chi connectivity index (χ0) is 17.9. The van der Waals surface area contributed by atoms with E-state index >= 15 is 0 Å². The highest BCUT2D eigenvalue weighted by Crippen LogP contribution is 2.36. The number of likely N-dealkylation sites (tertiary alicyclic amines) is 1. The smallest absolute Gasteiger partial charge is 0.273 e. The number of thiophene rings is 1. The first-order chi connectivity index (χ1) is 12.7. The summed E-state index contributed by atoms with van der Waals surface area (Å²) in [5.74, 6) is 0.549. The van der Waals surface area contributed by atoms with Gasteiger partial charge in [0.1, 0.15) is 5.70 Å². The van der Waals surface area contributed by atoms with Crippen molar-refractivity contribution < 1.29 is 4.79 Å². The number of rotatable bonds is 4. The quantitative estimate of drug-likeness (QED) is 0.665. The predicted octanol–water partition coefficient (Wildman–Crippen LogP) is 3.40. The molecule has 7 heteroatoms. The van der Waals surface area contributed by atoms with E-state index in [1.54, 1.807) is 18.3 Å². The number of amides is 1. The van der Waals surface area contributed by atoms with Gasteiger partial charge in [-0.2, -0.15) is 4.68 Å². The maximum Gasteiger partial charge on any atom is 0.273 e. The number of nitrogens with zero attached hydrogens (tertiary/aromatic N) is 5. The molecule has 1 atom stereocenters. The van der Waals surface area contributed by atoms with Crippen LogP contribution < -0.4 is 0 Å². The minimum Gasteiger partial charge on any atom is -0.329 e. The van der Waals surface area contributed by atoms with Crippen LogP contribution in [0.4, 0.5) is 0 Å². The second-order valence-electron chi connectivity index (χ2n) is 6.25. The maximum atomic E-state index is 13.5. The molecule has 132 valence electrons. The molecule has 1 aliphatic rings. The molecule has 2 aromatic heterocycles. The van der Waals surface area contributed by atoms with E-state index < -0.39 is 0 Å². The Hall–Kier alpha value is -2.80. The van der Waals surface area contributed by atoms with E-state index in [1.165, 1.54) is 9.56 Å². The van der Waals surface area contributed by atoms with Gasteiger partial charge in [0.25, 0.3) is 5.91 Å². The van der Waals surface area contributed by atoms with Crippen molar-refractivity contribution in [2.24, 2.45) is 0 Å². The van der Waals surface area contributed by atoms with Crippen molar-refractivity contribution in [1.29, 1.82) is 0 Å². The van der Waals surface area contributed by atoms with Crippen molar-refractivity contribution >= 4 is 29.0 Å². The van der Waals surface area contributed by atoms with Crippen molar-refractivity contribution in [3.63, 3.8) is 0 Å². The molecule has 1 saturated heterocycles. The first kappa shape index (κ1) is 16.7. The van der Waals surface area contributed by atoms with Crippen LogP contribution in [0.2, 0.25) is 0 Å². The molecule has 3 heterocycles. The molecule has 0 bridgehead atoms. The number of benzene rings is 1. The summed E-state index contributed by atoms with van der Waals surface area (Å²) in [5.41, 5.74) is 1.42. The van der Waals surface area contributed by atoms with Gasteiger partial charge < -0.3 is 4.90 Å². The molecule has 6 nitrogen and oxygen atoms in total. The Bertz CT molecular complexity index is 917. The van der Waals surface area contributed by atoms with Crippen LogP contribution in [-0.2, 0) is 4.79 Å². The number of aromatic nitrogens is 4. The summed E-state index contributed by atoms with van der Waals surface area (Å²) >= 11 is 1.70. The molecule has 0 saturated carbocycles. The monoisotopic (exact) mass is 365 g/mol. The Morgan fingerprint density at radius 1 is 1.23 bits per heavy atom. The summed E-state index contributed by atoms with van der Waals surface area (Å²) in [7, 11) is 0. The van der Waals surface area contributed by atoms with Gasteiger partial charge in [-0.05, 0) is 53.3 Å². The lowest BCUT2D eigenvalue weighted by molar-refractivity contribution is -0.126. The zero-order valence-corrected chi connectivity index (χ0v) is 15.3. The van der Waals surface area contributed by atoms with Crippen molar-refractivity contribution in [3.05, 3.63) is 64.1 Å². The predicted molar refractivity (Wildman–Crippen MR) is 101 cm³/mol. The molecule has 1 amide bonds. The standard InChI is InChI=1S/C19H19N5OS/c1-14-20-21-22-24(14)17(13-15-7-3-2-4-8-15)19(25)23-11-5-9-16(23)18-10-6-12-26-18/h2-4,6-8,10,12-13,16H,5,9,11H2,1H3/b17-13-/t16-/m1/s1. The van der Waals surface area contributed by atoms with Crippen molar-refractivity contribution in [1.82, 2.24) is 25.1 Å². The molecule has 3 aromatic rings. The largest absolute Gasteiger partial charge is 0.329 e. The van der Waals surface area contributed by atoms with Crippen LogP contribution in [0.15, 0.2) is 47.8 Å². The number of aryl methyl sites for hydroxylation is 1. The van der Waals surface area contributed by atoms with Crippen LogP contribution in [0.3, 0.4) is 0 Å². The lowest BCUT2D eigenvalue weighted by Gasteiger charge is -2.25. The molecule has 26 heavy (non-hydrogen) atoms. The number of carbonyl (C=O) groups is 1. The van der Waals surface area contributed by atoms with Crippen LogP contribution in [0.5, 0.6) is 0 Å². The minimum absolute atomic E-state index is 0.0415. The summed E-state index contributed by atoms with van der Waals surface area (Å²) < 4.78 is 1.53. The molecule has 0 spiro atoms. The fourth-order valence-corrected chi connectivity index (χ4v) is 4.18. The van der Waals surface area contributed by atoms with E-state index in [4.69, 9.17) is 0 Å². The van der Waals surface area contributed by atoms with E-state index in [0.717, 1.165) is 24.9 Å². The van der Waals surface area contributed by atoms with Crippen molar-refractivity contribution in [3.8, 4) is 0 Å². The second kappa shape index (κ2) is 7.21. The normalized spacial score (nSPS) is 17.7. The topological polar surface area (TPSA) is 63.9 Å². The third-order valence-electron chi connectivity index (χ3n) is 4.56. The Balaban J connectivity index is 1.73. The van der Waals surface area contributed by atoms with Crippen LogP contribution in [0.1, 0.15) is 35.1 Å². The summed E-state index contributed by atoms with van der Waals surface area (Å²) in [4.78, 5) is 16.6. The van der Waals surface area contributed by atoms with Crippen LogP contribution in [0, 0.1) is 6.92 Å². The zero-order valence-electron chi connectivity index (χ0n) is 14.4. The van der Waals surface area contributed by atoms with Gasteiger partial charge in [-0.3, -0.25) is 4.79 Å². The number of tetrazole rings is 1. The lowest BCUT2D eigenvalue weighted by Crippen LogP contribution is -2.33. The van der Waals surface area contributed by atoms with Gasteiger partial charge >= 0.3 is 0 Å². The van der Waals surface area contributed by atoms with Crippen molar-refractivity contribution in [2.45, 2.75) is 25.8 Å². The van der Waals surface area contributed by atoms with Crippen LogP contribution >= 0.6 is 11.3 Å². The highest BCUT2D eigenvalue weighted by atomic mass is 32.1. The molecule has 0 radical (unpaired) electrons. The van der Waals surface area contributed by atoms with E-state index in [-0.39, 0.29) is 11.9 Å². The first-order valence-corrected chi connectivity index (χ1v) is 9.48. The van der Waals surface area contributed by atoms with Gasteiger partial charge in [0.2, 0.25) is 0 Å². The lowest BCUT2D eigenvalue weighted by atomic mass is 10.1. The van der Waals surface area contributed by atoms with E-state index in [1.807, 2.05) is 47.4 Å². The van der Waals surface area contributed by atoms with Gasteiger partial charge in [0.15, 0.2) is 5.82 Å². The number of hydrogen-bond acceptors (Lipinski definition) is 5. The maximum absolute atomic E-state index is 13.5. The Kier molecular flexibility index (Phi) is 4.62. The van der Waals surface area contributed by atoms with Gasteiger partial charge in [0, 0.05) is 11.4 Å². The van der Waals surface area contributed by atoms with Gasteiger partial charge in [-0.15, -0.1) is 16.4 Å². The third kappa shape index (κ3) is 3.17. The van der Waals surface area contributed by atoms with E-state index in [0.29, 0.717) is 11.5 Å². The summed E-state index contributed by atoms with van der Waals surface area (Å²) in [6.45, 7) is 2.54. The average molecular weight is 365 g/mol. The third-order valence-corrected chi connectivity index (χ3v) is 5.53. The van der Waals surface area contributed by atoms with Crippen LogP contribution in [0.25, 0.3) is 11.8 Å². The fraction of sp³-hybridized carbons (Fsp3) is 0.263. The molecular formula is C19H19N5OS. The second-order valence-corrected chi connectivity index (χ2v) is 7.23. The highest BCUT2D eigenvalue weighted by Gasteiger charge is 2.33. The summed E-state index contributed by atoms with van der Waals surface area (Å²) in [6, 6.07) is 14.0. The average Bonchev–Trinajstić information content (AvgIpc) is 3.41. The molecule has 1 aliphatic heterocycles. The molecular weight excluding hydrogens is 346 g/mol. The minimum atomic E-state index is -0.0415. The molecule has 1 aromatic carbocycles. The van der Waals surface area contributed by atoms with Gasteiger partial charge in [-0.25, -0.2) is 0 Å². The molecule has 4 rings (SSSR count). The summed E-state index contributed by atoms with van der Waals surface area (Å²) in [6.07, 6.45) is 3.84. The van der Waals surface area contributed by atoms with E-state index in [9.17, 15) is 4.79 Å². The fourth-order valence-electron chi connectivity index (χ4n) is 3.31. The molecule has 1 fully saturated rings. The number of carbonyl (C=O) groups excluding carboxylic acids is 1. The Morgan fingerprint density at radius 3 is 2.77 bits per heavy atom. The molecule has 0 unspecified atom stereocenters. The Labute approximate surface area is 155 Å². The van der Waals surface area contributed by atoms with Gasteiger partial charge in [-0.1, -0.05) is 36.4 Å². The number of hydrogen-bond donors (Lipinski definition) is 0. The molecule has 0 N–H and O–H groups in total. The highest BCUT2D eigenvalue weighted by molar-refractivity contribution is 7.10. The van der Waals surface area contributed by atoms with Crippen molar-refractivity contribution in [2.75, 3.05) is 6.54 Å². The van der Waals surface area contributed by atoms with Crippen LogP contribution in [-0.4, -0.2) is 37.6 Å². The molecule has 0 aliphatic carbocycles. The first-order valence-electron chi connectivity index (χ1n) is 8.60. The van der Waals surface area contributed by atoms with Gasteiger partial charge in [0.05, 0.1) is 6.04 Å². The SMILES string of the molecule is Cc1nnnn1/C(=C\c1ccccc1)C(=O)N1CCC[C@@H]1c1cccs1. The summed E-state index contributed by atoms with van der Waals surface area (Å²) in [5, 5.41) is 13.8. The van der Waals surface area contributed by atoms with E-state index in [2.05, 4.69) is 27.0 Å².